The Hall–Kier alpha value is -4.19. The Balaban J connectivity index is 1.40. The number of benzene rings is 3. The predicted octanol–water partition coefficient (Wildman–Crippen LogP) is 5.34. The maximum Gasteiger partial charge on any atom is 0.254 e. The van der Waals surface area contributed by atoms with Gasteiger partial charge in [0, 0.05) is 29.6 Å². The fraction of sp³-hybridized carbons (Fsp3) is 0.207. The zero-order chi connectivity index (χ0) is 24.2. The molecule has 0 atom stereocenters. The van der Waals surface area contributed by atoms with Crippen molar-refractivity contribution in [3.63, 3.8) is 0 Å². The monoisotopic (exact) mass is 464 g/mol. The summed E-state index contributed by atoms with van der Waals surface area (Å²) in [5.74, 6) is 0.499. The summed E-state index contributed by atoms with van der Waals surface area (Å²) in [4.78, 5) is 32.7. The van der Waals surface area contributed by atoms with Crippen LogP contribution in [-0.2, 0) is 4.79 Å². The lowest BCUT2D eigenvalue weighted by atomic mass is 10.2. The molecule has 176 valence electrons. The summed E-state index contributed by atoms with van der Waals surface area (Å²) in [7, 11) is 0. The van der Waals surface area contributed by atoms with Gasteiger partial charge >= 0.3 is 0 Å². The Labute approximate surface area is 205 Å². The van der Waals surface area contributed by atoms with Crippen molar-refractivity contribution in [2.75, 3.05) is 18.4 Å². The van der Waals surface area contributed by atoms with Gasteiger partial charge in [-0.25, -0.2) is 4.98 Å². The van der Waals surface area contributed by atoms with Gasteiger partial charge in [0.2, 0.25) is 11.9 Å². The van der Waals surface area contributed by atoms with Crippen LogP contribution < -0.4 is 5.32 Å². The van der Waals surface area contributed by atoms with Gasteiger partial charge in [0.05, 0.1) is 5.69 Å². The molecule has 6 nitrogen and oxygen atoms in total. The molecule has 0 radical (unpaired) electrons. The summed E-state index contributed by atoms with van der Waals surface area (Å²) in [5.41, 5.74) is 4.36. The maximum atomic E-state index is 13.2. The smallest absolute Gasteiger partial charge is 0.254 e. The Bertz CT molecular complexity index is 1310. The number of aryl methyl sites for hydroxylation is 1. The molecule has 0 saturated heterocycles. The standard InChI is InChI=1S/C29H28N4O2/c1-21-12-16-25(17-13-21)33-19-26(23-8-4-2-5-9-23)30-29(33)31-27(34)20-32(18-22-14-15-22)28(35)24-10-6-3-7-11-24/h2-13,16-17,19,22H,14-15,18,20H2,1H3,(H,30,31,34). The van der Waals surface area contributed by atoms with Crippen molar-refractivity contribution < 1.29 is 9.59 Å². The molecule has 1 N–H and O–H groups in total. The van der Waals surface area contributed by atoms with E-state index in [-0.39, 0.29) is 18.4 Å². The number of amides is 2. The zero-order valence-corrected chi connectivity index (χ0v) is 19.7. The summed E-state index contributed by atoms with van der Waals surface area (Å²) in [5, 5.41) is 2.96. The number of nitrogens with zero attached hydrogens (tertiary/aromatic N) is 3. The van der Waals surface area contributed by atoms with E-state index in [0.29, 0.717) is 24.0 Å². The summed E-state index contributed by atoms with van der Waals surface area (Å²) in [6.45, 7) is 2.60. The van der Waals surface area contributed by atoms with E-state index in [1.165, 1.54) is 0 Å². The molecule has 3 aromatic carbocycles. The van der Waals surface area contributed by atoms with Crippen molar-refractivity contribution >= 4 is 17.8 Å². The van der Waals surface area contributed by atoms with Crippen molar-refractivity contribution in [1.29, 1.82) is 0 Å². The van der Waals surface area contributed by atoms with Crippen LogP contribution in [-0.4, -0.2) is 39.4 Å². The molecular formula is C29H28N4O2. The van der Waals surface area contributed by atoms with Crippen LogP contribution in [0.5, 0.6) is 0 Å². The molecule has 35 heavy (non-hydrogen) atoms. The van der Waals surface area contributed by atoms with E-state index in [9.17, 15) is 9.59 Å². The van der Waals surface area contributed by atoms with E-state index < -0.39 is 0 Å². The minimum Gasteiger partial charge on any atom is -0.329 e. The molecule has 1 fully saturated rings. The lowest BCUT2D eigenvalue weighted by molar-refractivity contribution is -0.117. The van der Waals surface area contributed by atoms with Gasteiger partial charge in [-0.3, -0.25) is 19.5 Å². The number of carbonyl (C=O) groups is 2. The van der Waals surface area contributed by atoms with Crippen molar-refractivity contribution in [1.82, 2.24) is 14.5 Å². The third-order valence-electron chi connectivity index (χ3n) is 6.16. The number of imidazole rings is 1. The second-order valence-electron chi connectivity index (χ2n) is 9.06. The second-order valence-corrected chi connectivity index (χ2v) is 9.06. The SMILES string of the molecule is Cc1ccc(-n2cc(-c3ccccc3)nc2NC(=O)CN(CC2CC2)C(=O)c2ccccc2)cc1. The van der Waals surface area contributed by atoms with Crippen molar-refractivity contribution in [2.45, 2.75) is 19.8 Å². The highest BCUT2D eigenvalue weighted by molar-refractivity contribution is 5.99. The number of aromatic nitrogens is 2. The Kier molecular flexibility index (Phi) is 6.44. The van der Waals surface area contributed by atoms with E-state index >= 15 is 0 Å². The van der Waals surface area contributed by atoms with E-state index in [4.69, 9.17) is 4.98 Å². The van der Waals surface area contributed by atoms with Gasteiger partial charge in [-0.15, -0.1) is 0 Å². The number of anilines is 1. The molecule has 0 aliphatic heterocycles. The number of rotatable bonds is 8. The third kappa shape index (κ3) is 5.49. The Morgan fingerprint density at radius 2 is 1.60 bits per heavy atom. The fourth-order valence-corrected chi connectivity index (χ4v) is 4.05. The van der Waals surface area contributed by atoms with E-state index in [2.05, 4.69) is 5.32 Å². The van der Waals surface area contributed by atoms with Crippen LogP contribution in [0.15, 0.2) is 91.1 Å². The molecule has 4 aromatic rings. The molecule has 6 heteroatoms. The number of hydrogen-bond donors (Lipinski definition) is 1. The van der Waals surface area contributed by atoms with E-state index in [1.807, 2.05) is 90.5 Å². The van der Waals surface area contributed by atoms with Crippen LogP contribution >= 0.6 is 0 Å². The quantitative estimate of drug-likeness (QED) is 0.383. The molecule has 1 heterocycles. The molecule has 1 saturated carbocycles. The van der Waals surface area contributed by atoms with E-state index in [1.54, 1.807) is 17.0 Å². The highest BCUT2D eigenvalue weighted by atomic mass is 16.2. The van der Waals surface area contributed by atoms with Crippen LogP contribution in [0.1, 0.15) is 28.8 Å². The molecular weight excluding hydrogens is 436 g/mol. The van der Waals surface area contributed by atoms with Gasteiger partial charge in [-0.05, 0) is 49.9 Å². The maximum absolute atomic E-state index is 13.2. The highest BCUT2D eigenvalue weighted by Gasteiger charge is 2.29. The van der Waals surface area contributed by atoms with Gasteiger partial charge in [0.15, 0.2) is 0 Å². The summed E-state index contributed by atoms with van der Waals surface area (Å²) >= 11 is 0. The average Bonchev–Trinajstić information content (AvgIpc) is 3.62. The van der Waals surface area contributed by atoms with Crippen LogP contribution in [0.4, 0.5) is 5.95 Å². The molecule has 1 aliphatic rings. The minimum atomic E-state index is -0.270. The molecule has 1 aromatic heterocycles. The largest absolute Gasteiger partial charge is 0.329 e. The predicted molar refractivity (Wildman–Crippen MR) is 137 cm³/mol. The topological polar surface area (TPSA) is 67.2 Å². The first kappa shape index (κ1) is 22.6. The highest BCUT2D eigenvalue weighted by Crippen LogP contribution is 2.30. The first-order valence-electron chi connectivity index (χ1n) is 11.9. The van der Waals surface area contributed by atoms with Crippen LogP contribution in [0.25, 0.3) is 16.9 Å². The molecule has 0 bridgehead atoms. The van der Waals surface area contributed by atoms with Crippen molar-refractivity contribution in [2.24, 2.45) is 5.92 Å². The fourth-order valence-electron chi connectivity index (χ4n) is 4.05. The van der Waals surface area contributed by atoms with Crippen molar-refractivity contribution in [3.05, 3.63) is 102 Å². The van der Waals surface area contributed by atoms with Gasteiger partial charge < -0.3 is 4.90 Å². The van der Waals surface area contributed by atoms with Crippen LogP contribution in [0.3, 0.4) is 0 Å². The molecule has 5 rings (SSSR count). The average molecular weight is 465 g/mol. The number of hydrogen-bond acceptors (Lipinski definition) is 3. The number of carbonyl (C=O) groups excluding carboxylic acids is 2. The molecule has 2 amide bonds. The lowest BCUT2D eigenvalue weighted by Crippen LogP contribution is -2.39. The third-order valence-corrected chi connectivity index (χ3v) is 6.16. The minimum absolute atomic E-state index is 0.0222. The Morgan fingerprint density at radius 1 is 0.943 bits per heavy atom. The number of nitrogens with one attached hydrogen (secondary N) is 1. The Morgan fingerprint density at radius 3 is 2.26 bits per heavy atom. The molecule has 0 spiro atoms. The molecule has 1 aliphatic carbocycles. The zero-order valence-electron chi connectivity index (χ0n) is 19.7. The first-order chi connectivity index (χ1) is 17.1. The summed E-state index contributed by atoms with van der Waals surface area (Å²) in [6, 6.07) is 27.0. The van der Waals surface area contributed by atoms with Crippen LogP contribution in [0, 0.1) is 12.8 Å². The normalized spacial score (nSPS) is 12.8. The second kappa shape index (κ2) is 9.97. The van der Waals surface area contributed by atoms with Gasteiger partial charge in [0.1, 0.15) is 6.54 Å². The van der Waals surface area contributed by atoms with Gasteiger partial charge in [-0.2, -0.15) is 0 Å². The van der Waals surface area contributed by atoms with E-state index in [0.717, 1.165) is 35.3 Å². The van der Waals surface area contributed by atoms with Crippen molar-refractivity contribution in [3.8, 4) is 16.9 Å². The summed E-state index contributed by atoms with van der Waals surface area (Å²) in [6.07, 6.45) is 4.11. The lowest BCUT2D eigenvalue weighted by Gasteiger charge is -2.22. The van der Waals surface area contributed by atoms with Gasteiger partial charge in [0.25, 0.3) is 5.91 Å². The van der Waals surface area contributed by atoms with Gasteiger partial charge in [-0.1, -0.05) is 66.2 Å². The van der Waals surface area contributed by atoms with Crippen LogP contribution in [0.2, 0.25) is 0 Å². The molecule has 0 unspecified atom stereocenters. The first-order valence-corrected chi connectivity index (χ1v) is 11.9. The summed E-state index contributed by atoms with van der Waals surface area (Å²) < 4.78 is 1.88.